The normalized spacial score (nSPS) is 14.9. The van der Waals surface area contributed by atoms with E-state index in [1.165, 1.54) is 0 Å². The first-order valence-corrected chi connectivity index (χ1v) is 5.29. The number of hydrogen-bond acceptors (Lipinski definition) is 3. The van der Waals surface area contributed by atoms with Gasteiger partial charge in [-0.05, 0) is 18.8 Å². The van der Waals surface area contributed by atoms with Crippen LogP contribution in [0.3, 0.4) is 0 Å². The summed E-state index contributed by atoms with van der Waals surface area (Å²) >= 11 is 0. The van der Waals surface area contributed by atoms with E-state index in [9.17, 15) is 4.79 Å². The molecule has 0 radical (unpaired) electrons. The molecular formula is C10H22N2O2. The van der Waals surface area contributed by atoms with Gasteiger partial charge in [-0.15, -0.1) is 0 Å². The van der Waals surface area contributed by atoms with Crippen LogP contribution >= 0.6 is 0 Å². The van der Waals surface area contributed by atoms with E-state index in [-0.39, 0.29) is 12.5 Å². The molecule has 2 atom stereocenters. The lowest BCUT2D eigenvalue weighted by Crippen LogP contribution is -2.42. The fourth-order valence-electron chi connectivity index (χ4n) is 1.19. The SMILES string of the molecule is CCC(CCO)CNC(=O)[C@@H](N)CC. The molecule has 14 heavy (non-hydrogen) atoms. The predicted octanol–water partition coefficient (Wildman–Crippen LogP) is 0.248. The Bertz CT molecular complexity index is 162. The maximum absolute atomic E-state index is 11.3. The number of aliphatic hydroxyl groups is 1. The molecule has 0 aliphatic carbocycles. The lowest BCUT2D eigenvalue weighted by molar-refractivity contribution is -0.122. The van der Waals surface area contributed by atoms with Crippen molar-refractivity contribution in [3.63, 3.8) is 0 Å². The number of carbonyl (C=O) groups is 1. The predicted molar refractivity (Wildman–Crippen MR) is 56.8 cm³/mol. The van der Waals surface area contributed by atoms with Crippen molar-refractivity contribution in [2.24, 2.45) is 11.7 Å². The molecule has 0 rings (SSSR count). The molecule has 0 aliphatic rings. The summed E-state index contributed by atoms with van der Waals surface area (Å²) in [5.41, 5.74) is 5.56. The molecule has 4 nitrogen and oxygen atoms in total. The molecule has 4 N–H and O–H groups in total. The van der Waals surface area contributed by atoms with Crippen molar-refractivity contribution in [3.8, 4) is 0 Å². The molecule has 4 heteroatoms. The molecular weight excluding hydrogens is 180 g/mol. The van der Waals surface area contributed by atoms with Gasteiger partial charge in [-0.3, -0.25) is 4.79 Å². The summed E-state index contributed by atoms with van der Waals surface area (Å²) in [5.74, 6) is 0.261. The molecule has 0 aliphatic heterocycles. The summed E-state index contributed by atoms with van der Waals surface area (Å²) in [5, 5.41) is 11.5. The van der Waals surface area contributed by atoms with Gasteiger partial charge >= 0.3 is 0 Å². The maximum Gasteiger partial charge on any atom is 0.236 e. The molecule has 0 fully saturated rings. The third kappa shape index (κ3) is 5.19. The summed E-state index contributed by atoms with van der Waals surface area (Å²) in [6.07, 6.45) is 2.35. The van der Waals surface area contributed by atoms with Crippen molar-refractivity contribution in [3.05, 3.63) is 0 Å². The summed E-state index contributed by atoms with van der Waals surface area (Å²) in [7, 11) is 0. The highest BCUT2D eigenvalue weighted by Crippen LogP contribution is 2.05. The summed E-state index contributed by atoms with van der Waals surface area (Å²) in [6.45, 7) is 4.72. The molecule has 0 aromatic heterocycles. The lowest BCUT2D eigenvalue weighted by Gasteiger charge is -2.16. The van der Waals surface area contributed by atoms with E-state index in [0.717, 1.165) is 12.8 Å². The monoisotopic (exact) mass is 202 g/mol. The van der Waals surface area contributed by atoms with Crippen LogP contribution in [0.25, 0.3) is 0 Å². The molecule has 1 unspecified atom stereocenters. The third-order valence-corrected chi connectivity index (χ3v) is 2.46. The summed E-state index contributed by atoms with van der Waals surface area (Å²) in [6, 6.07) is -0.401. The molecule has 1 amide bonds. The number of rotatable bonds is 7. The Morgan fingerprint density at radius 2 is 2.07 bits per heavy atom. The van der Waals surface area contributed by atoms with Crippen molar-refractivity contribution in [1.29, 1.82) is 0 Å². The Labute approximate surface area is 85.9 Å². The fraction of sp³-hybridized carbons (Fsp3) is 0.900. The van der Waals surface area contributed by atoms with Crippen LogP contribution < -0.4 is 11.1 Å². The van der Waals surface area contributed by atoms with Gasteiger partial charge in [0.2, 0.25) is 5.91 Å². The Kier molecular flexibility index (Phi) is 7.42. The minimum Gasteiger partial charge on any atom is -0.396 e. The topological polar surface area (TPSA) is 75.3 Å². The van der Waals surface area contributed by atoms with Crippen molar-refractivity contribution < 1.29 is 9.90 Å². The van der Waals surface area contributed by atoms with Gasteiger partial charge in [0.15, 0.2) is 0 Å². The van der Waals surface area contributed by atoms with Crippen LogP contribution in [0, 0.1) is 5.92 Å². The second kappa shape index (κ2) is 7.76. The van der Waals surface area contributed by atoms with E-state index in [0.29, 0.717) is 18.9 Å². The van der Waals surface area contributed by atoms with Gasteiger partial charge < -0.3 is 16.2 Å². The van der Waals surface area contributed by atoms with E-state index >= 15 is 0 Å². The second-order valence-electron chi connectivity index (χ2n) is 3.55. The second-order valence-corrected chi connectivity index (χ2v) is 3.55. The minimum absolute atomic E-state index is 0.0936. The van der Waals surface area contributed by atoms with Crippen molar-refractivity contribution in [2.45, 2.75) is 39.2 Å². The van der Waals surface area contributed by atoms with E-state index in [1.807, 2.05) is 13.8 Å². The molecule has 0 aromatic rings. The number of nitrogens with two attached hydrogens (primary N) is 1. The summed E-state index contributed by atoms with van der Waals surface area (Å²) in [4.78, 5) is 11.3. The van der Waals surface area contributed by atoms with Crippen LogP contribution in [0.1, 0.15) is 33.1 Å². The van der Waals surface area contributed by atoms with Gasteiger partial charge in [-0.1, -0.05) is 20.3 Å². The minimum atomic E-state index is -0.401. The number of hydrogen-bond donors (Lipinski definition) is 3. The van der Waals surface area contributed by atoms with E-state index in [1.54, 1.807) is 0 Å². The number of carbonyl (C=O) groups excluding carboxylic acids is 1. The molecule has 0 heterocycles. The first-order chi connectivity index (χ1) is 6.65. The van der Waals surface area contributed by atoms with Crippen LogP contribution in [0.2, 0.25) is 0 Å². The number of aliphatic hydroxyl groups excluding tert-OH is 1. The van der Waals surface area contributed by atoms with Crippen LogP contribution in [-0.2, 0) is 4.79 Å². The van der Waals surface area contributed by atoms with Gasteiger partial charge in [0.05, 0.1) is 6.04 Å². The van der Waals surface area contributed by atoms with Crippen LogP contribution in [0.15, 0.2) is 0 Å². The largest absolute Gasteiger partial charge is 0.396 e. The first kappa shape index (κ1) is 13.4. The zero-order valence-electron chi connectivity index (χ0n) is 9.12. The van der Waals surface area contributed by atoms with Crippen LogP contribution in [0.4, 0.5) is 0 Å². The highest BCUT2D eigenvalue weighted by Gasteiger charge is 2.12. The first-order valence-electron chi connectivity index (χ1n) is 5.29. The average Bonchev–Trinajstić information content (AvgIpc) is 2.22. The average molecular weight is 202 g/mol. The molecule has 0 saturated carbocycles. The quantitative estimate of drug-likeness (QED) is 0.554. The van der Waals surface area contributed by atoms with Crippen LogP contribution in [-0.4, -0.2) is 30.2 Å². The Balaban J connectivity index is 3.73. The van der Waals surface area contributed by atoms with Gasteiger partial charge in [0.1, 0.15) is 0 Å². The zero-order valence-corrected chi connectivity index (χ0v) is 9.12. The Morgan fingerprint density at radius 3 is 2.50 bits per heavy atom. The third-order valence-electron chi connectivity index (χ3n) is 2.46. The molecule has 0 aromatic carbocycles. The van der Waals surface area contributed by atoms with E-state index in [4.69, 9.17) is 10.8 Å². The standard InChI is InChI=1S/C10H22N2O2/c1-3-8(5-6-13)7-12-10(14)9(11)4-2/h8-9,13H,3-7,11H2,1-2H3,(H,12,14)/t8?,9-/m0/s1. The molecule has 0 spiro atoms. The fourth-order valence-corrected chi connectivity index (χ4v) is 1.19. The van der Waals surface area contributed by atoms with Crippen LogP contribution in [0.5, 0.6) is 0 Å². The van der Waals surface area contributed by atoms with Crippen molar-refractivity contribution >= 4 is 5.91 Å². The molecule has 0 bridgehead atoms. The lowest BCUT2D eigenvalue weighted by atomic mass is 10.0. The van der Waals surface area contributed by atoms with Gasteiger partial charge in [-0.2, -0.15) is 0 Å². The van der Waals surface area contributed by atoms with Gasteiger partial charge in [0.25, 0.3) is 0 Å². The van der Waals surface area contributed by atoms with Crippen molar-refractivity contribution in [2.75, 3.05) is 13.2 Å². The van der Waals surface area contributed by atoms with Gasteiger partial charge in [0, 0.05) is 13.2 Å². The Morgan fingerprint density at radius 1 is 1.43 bits per heavy atom. The van der Waals surface area contributed by atoms with Crippen molar-refractivity contribution in [1.82, 2.24) is 5.32 Å². The van der Waals surface area contributed by atoms with Gasteiger partial charge in [-0.25, -0.2) is 0 Å². The number of amides is 1. The molecule has 84 valence electrons. The summed E-state index contributed by atoms with van der Waals surface area (Å²) < 4.78 is 0. The Hall–Kier alpha value is -0.610. The van der Waals surface area contributed by atoms with E-state index < -0.39 is 6.04 Å². The smallest absolute Gasteiger partial charge is 0.236 e. The maximum atomic E-state index is 11.3. The van der Waals surface area contributed by atoms with E-state index in [2.05, 4.69) is 5.32 Å². The molecule has 0 saturated heterocycles. The highest BCUT2D eigenvalue weighted by molar-refractivity contribution is 5.81. The zero-order chi connectivity index (χ0) is 11.0. The number of nitrogens with one attached hydrogen (secondary N) is 1. The highest BCUT2D eigenvalue weighted by atomic mass is 16.3.